The van der Waals surface area contributed by atoms with Crippen molar-refractivity contribution in [3.05, 3.63) is 28.7 Å². The highest BCUT2D eigenvalue weighted by Gasteiger charge is 2.31. The molecule has 0 bridgehead atoms. The zero-order valence-electron chi connectivity index (χ0n) is 17.3. The van der Waals surface area contributed by atoms with E-state index in [1.807, 2.05) is 0 Å². The number of fused-ring (bicyclic) bond motifs is 1. The molecular weight excluding hydrogens is 410 g/mol. The molecule has 0 N–H and O–H groups in total. The summed E-state index contributed by atoms with van der Waals surface area (Å²) >= 11 is 0. The fraction of sp³-hybridized carbons (Fsp3) is 0.579. The Balaban J connectivity index is 1.45. The van der Waals surface area contributed by atoms with Crippen LogP contribution in [0.2, 0.25) is 0 Å². The van der Waals surface area contributed by atoms with Crippen molar-refractivity contribution in [2.75, 3.05) is 59.0 Å². The van der Waals surface area contributed by atoms with E-state index in [9.17, 15) is 18.0 Å². The molecule has 11 heteroatoms. The summed E-state index contributed by atoms with van der Waals surface area (Å²) in [6, 6.07) is 4.74. The van der Waals surface area contributed by atoms with Gasteiger partial charge in [0.25, 0.3) is 0 Å². The summed E-state index contributed by atoms with van der Waals surface area (Å²) in [6.45, 7) is 4.34. The minimum Gasteiger partial charge on any atom is -0.379 e. The Kier molecular flexibility index (Phi) is 5.71. The molecule has 0 spiro atoms. The molecular formula is C19H27N5O5S. The number of aryl methyl sites for hydroxylation is 2. The van der Waals surface area contributed by atoms with E-state index in [0.29, 0.717) is 43.9 Å². The van der Waals surface area contributed by atoms with E-state index >= 15 is 0 Å². The highest BCUT2D eigenvalue weighted by atomic mass is 32.2. The first-order valence-electron chi connectivity index (χ1n) is 10.0. The first-order chi connectivity index (χ1) is 14.3. The average Bonchev–Trinajstić information content (AvgIpc) is 2.98. The third-order valence-electron chi connectivity index (χ3n) is 5.94. The van der Waals surface area contributed by atoms with Crippen LogP contribution in [0.15, 0.2) is 27.9 Å². The number of benzene rings is 1. The highest BCUT2D eigenvalue weighted by molar-refractivity contribution is 7.89. The molecule has 1 aromatic heterocycles. The van der Waals surface area contributed by atoms with Crippen LogP contribution in [-0.2, 0) is 33.7 Å². The van der Waals surface area contributed by atoms with Gasteiger partial charge in [-0.05, 0) is 18.2 Å². The number of amides is 1. The predicted octanol–water partition coefficient (Wildman–Crippen LogP) is -0.958. The van der Waals surface area contributed by atoms with Crippen LogP contribution in [0, 0.1) is 0 Å². The number of ether oxygens (including phenoxy) is 1. The van der Waals surface area contributed by atoms with Crippen molar-refractivity contribution in [3.63, 3.8) is 0 Å². The largest absolute Gasteiger partial charge is 0.379 e. The van der Waals surface area contributed by atoms with E-state index in [0.717, 1.165) is 13.1 Å². The zero-order valence-corrected chi connectivity index (χ0v) is 18.1. The summed E-state index contributed by atoms with van der Waals surface area (Å²) in [6.07, 6.45) is 0. The lowest BCUT2D eigenvalue weighted by molar-refractivity contribution is -0.134. The fourth-order valence-electron chi connectivity index (χ4n) is 4.02. The second kappa shape index (κ2) is 8.14. The molecule has 10 nitrogen and oxygen atoms in total. The summed E-state index contributed by atoms with van der Waals surface area (Å²) in [4.78, 5) is 28.6. The monoisotopic (exact) mass is 437 g/mol. The molecule has 0 saturated carbocycles. The van der Waals surface area contributed by atoms with Gasteiger partial charge in [0, 0.05) is 53.4 Å². The van der Waals surface area contributed by atoms with Crippen molar-refractivity contribution in [1.29, 1.82) is 0 Å². The summed E-state index contributed by atoms with van der Waals surface area (Å²) in [7, 11) is -0.423. The number of hydrogen-bond acceptors (Lipinski definition) is 6. The van der Waals surface area contributed by atoms with Crippen LogP contribution in [0.5, 0.6) is 0 Å². The lowest BCUT2D eigenvalue weighted by Crippen LogP contribution is -2.53. The number of carbonyl (C=O) groups excluding carboxylic acids is 1. The maximum atomic E-state index is 13.1. The first kappa shape index (κ1) is 21.0. The van der Waals surface area contributed by atoms with Gasteiger partial charge in [-0.1, -0.05) is 0 Å². The van der Waals surface area contributed by atoms with Gasteiger partial charge in [0.2, 0.25) is 15.9 Å². The molecule has 2 saturated heterocycles. The van der Waals surface area contributed by atoms with Gasteiger partial charge in [0.15, 0.2) is 0 Å². The molecule has 0 radical (unpaired) electrons. The number of morpholine rings is 1. The molecule has 1 aromatic carbocycles. The molecule has 30 heavy (non-hydrogen) atoms. The van der Waals surface area contributed by atoms with E-state index in [1.165, 1.54) is 19.5 Å². The van der Waals surface area contributed by atoms with Crippen LogP contribution < -0.4 is 5.69 Å². The van der Waals surface area contributed by atoms with Crippen molar-refractivity contribution in [3.8, 4) is 0 Å². The normalized spacial score (nSPS) is 19.5. The summed E-state index contributed by atoms with van der Waals surface area (Å²) < 4.78 is 35.9. The van der Waals surface area contributed by atoms with Crippen LogP contribution in [0.1, 0.15) is 0 Å². The summed E-state index contributed by atoms with van der Waals surface area (Å²) in [5.41, 5.74) is 1.05. The van der Waals surface area contributed by atoms with Gasteiger partial charge in [0.05, 0.1) is 35.7 Å². The number of piperazine rings is 1. The van der Waals surface area contributed by atoms with Gasteiger partial charge in [0.1, 0.15) is 0 Å². The Hall–Kier alpha value is -2.21. The maximum Gasteiger partial charge on any atom is 0.328 e. The van der Waals surface area contributed by atoms with Crippen LogP contribution in [0.4, 0.5) is 0 Å². The van der Waals surface area contributed by atoms with Crippen LogP contribution in [0.3, 0.4) is 0 Å². The number of sulfonamides is 1. The molecule has 0 atom stereocenters. The number of nitrogens with zero attached hydrogens (tertiary/aromatic N) is 5. The van der Waals surface area contributed by atoms with Gasteiger partial charge < -0.3 is 9.64 Å². The summed E-state index contributed by atoms with van der Waals surface area (Å²) in [5, 5.41) is 0. The van der Waals surface area contributed by atoms with Crippen LogP contribution >= 0.6 is 0 Å². The van der Waals surface area contributed by atoms with Crippen molar-refractivity contribution in [1.82, 2.24) is 23.2 Å². The van der Waals surface area contributed by atoms with E-state index in [4.69, 9.17) is 4.74 Å². The van der Waals surface area contributed by atoms with Crippen molar-refractivity contribution in [2.45, 2.75) is 4.90 Å². The van der Waals surface area contributed by atoms with Crippen molar-refractivity contribution < 1.29 is 17.9 Å². The Labute approximate surface area is 175 Å². The second-order valence-electron chi connectivity index (χ2n) is 7.72. The molecule has 2 aromatic rings. The van der Waals surface area contributed by atoms with Gasteiger partial charge in [-0.25, -0.2) is 13.2 Å². The van der Waals surface area contributed by atoms with Crippen LogP contribution in [0.25, 0.3) is 11.0 Å². The van der Waals surface area contributed by atoms with Crippen LogP contribution in [-0.4, -0.2) is 96.6 Å². The molecule has 4 rings (SSSR count). The molecule has 164 valence electrons. The van der Waals surface area contributed by atoms with E-state index in [1.54, 1.807) is 31.1 Å². The SMILES string of the molecule is Cn1c(=O)n(C)c2cc(S(=O)(=O)N3CCN(C(=O)CN4CCOCC4)CC3)ccc21. The van der Waals surface area contributed by atoms with Gasteiger partial charge in [-0.3, -0.25) is 18.8 Å². The van der Waals surface area contributed by atoms with Gasteiger partial charge in [-0.2, -0.15) is 4.31 Å². The Bertz CT molecular complexity index is 1110. The number of aromatic nitrogens is 2. The third-order valence-corrected chi connectivity index (χ3v) is 7.83. The smallest absolute Gasteiger partial charge is 0.328 e. The maximum absolute atomic E-state index is 13.1. The summed E-state index contributed by atoms with van der Waals surface area (Å²) in [5.74, 6) is 0.0228. The number of imidazole rings is 1. The van der Waals surface area contributed by atoms with Gasteiger partial charge in [-0.15, -0.1) is 0 Å². The van der Waals surface area contributed by atoms with Crippen molar-refractivity contribution in [2.24, 2.45) is 14.1 Å². The number of rotatable bonds is 4. The number of carbonyl (C=O) groups is 1. The standard InChI is InChI=1S/C19H27N5O5S/c1-20-16-4-3-15(13-17(16)21(2)19(20)26)30(27,28)24-7-5-23(6-8-24)18(25)14-22-9-11-29-12-10-22/h3-4,13H,5-12,14H2,1-2H3. The predicted molar refractivity (Wildman–Crippen MR) is 111 cm³/mol. The lowest BCUT2D eigenvalue weighted by atomic mass is 10.3. The molecule has 0 unspecified atom stereocenters. The minimum atomic E-state index is -3.71. The molecule has 2 fully saturated rings. The van der Waals surface area contributed by atoms with Gasteiger partial charge >= 0.3 is 5.69 Å². The average molecular weight is 438 g/mol. The quantitative estimate of drug-likeness (QED) is 0.611. The minimum absolute atomic E-state index is 0.0228. The lowest BCUT2D eigenvalue weighted by Gasteiger charge is -2.35. The Morgan fingerprint density at radius 2 is 1.60 bits per heavy atom. The third kappa shape index (κ3) is 3.78. The Morgan fingerprint density at radius 1 is 0.967 bits per heavy atom. The molecule has 2 aliphatic heterocycles. The topological polar surface area (TPSA) is 97.1 Å². The fourth-order valence-corrected chi connectivity index (χ4v) is 5.47. The number of hydrogen-bond donors (Lipinski definition) is 0. The molecule has 3 heterocycles. The van der Waals surface area contributed by atoms with Crippen molar-refractivity contribution >= 4 is 27.0 Å². The first-order valence-corrected chi connectivity index (χ1v) is 11.5. The Morgan fingerprint density at radius 3 is 2.27 bits per heavy atom. The molecule has 2 aliphatic rings. The molecule has 0 aliphatic carbocycles. The van der Waals surface area contributed by atoms with E-state index in [-0.39, 0.29) is 29.6 Å². The highest BCUT2D eigenvalue weighted by Crippen LogP contribution is 2.22. The van der Waals surface area contributed by atoms with E-state index < -0.39 is 10.0 Å². The zero-order chi connectivity index (χ0) is 21.5. The second-order valence-corrected chi connectivity index (χ2v) is 9.66. The molecule has 1 amide bonds. The van der Waals surface area contributed by atoms with E-state index in [2.05, 4.69) is 4.90 Å².